The normalized spacial score (nSPS) is 15.4. The van der Waals surface area contributed by atoms with Gasteiger partial charge in [-0.25, -0.2) is 18.7 Å². The summed E-state index contributed by atoms with van der Waals surface area (Å²) in [4.78, 5) is 35.5. The lowest BCUT2D eigenvalue weighted by atomic mass is 9.83. The molecule has 8 rings (SSSR count). The number of carbonyl (C=O) groups is 2. The fourth-order valence-electron chi connectivity index (χ4n) is 8.80. The Labute approximate surface area is 452 Å². The Morgan fingerprint density at radius 2 is 1.04 bits per heavy atom. The number of ketones is 2. The van der Waals surface area contributed by atoms with Crippen molar-refractivity contribution >= 4 is 34.8 Å². The van der Waals surface area contributed by atoms with E-state index in [1.807, 2.05) is 46.8 Å². The average molecular weight is 1090 g/mol. The summed E-state index contributed by atoms with van der Waals surface area (Å²) in [5.74, 6) is 1.63. The lowest BCUT2D eigenvalue weighted by Crippen LogP contribution is -2.25. The number of halogens is 4. The monoisotopic (exact) mass is 1080 g/mol. The number of methoxy groups -OCH3 is 2. The molecule has 3 N–H and O–H groups in total. The molecule has 4 aromatic carbocycles. The number of benzene rings is 4. The third-order valence-electron chi connectivity index (χ3n) is 13.5. The molecule has 0 bridgehead atoms. The van der Waals surface area contributed by atoms with E-state index >= 15 is 0 Å². The molecule has 2 aliphatic heterocycles. The van der Waals surface area contributed by atoms with Gasteiger partial charge >= 0.3 is 0 Å². The molecule has 13 nitrogen and oxygen atoms in total. The minimum Gasteiger partial charge on any atom is -0.493 e. The van der Waals surface area contributed by atoms with Crippen LogP contribution in [0.4, 0.5) is 8.78 Å². The molecule has 4 heterocycles. The molecule has 6 aromatic rings. The third kappa shape index (κ3) is 12.7. The minimum atomic E-state index is -1.45. The second kappa shape index (κ2) is 23.5. The van der Waals surface area contributed by atoms with Crippen molar-refractivity contribution in [3.8, 4) is 57.0 Å². The third-order valence-corrected chi connectivity index (χ3v) is 14.1. The summed E-state index contributed by atoms with van der Waals surface area (Å²) in [5.41, 5.74) is 1.96. The Kier molecular flexibility index (Phi) is 17.7. The highest BCUT2D eigenvalue weighted by Crippen LogP contribution is 2.48. The van der Waals surface area contributed by atoms with Crippen molar-refractivity contribution in [3.05, 3.63) is 140 Å². The molecule has 2 unspecified atom stereocenters. The summed E-state index contributed by atoms with van der Waals surface area (Å²) in [7, 11) is 3.00. The largest absolute Gasteiger partial charge is 0.493 e. The van der Waals surface area contributed by atoms with Crippen LogP contribution >= 0.6 is 23.2 Å². The van der Waals surface area contributed by atoms with E-state index < -0.39 is 22.8 Å². The van der Waals surface area contributed by atoms with Gasteiger partial charge in [-0.15, -0.1) is 0 Å². The van der Waals surface area contributed by atoms with Gasteiger partial charge in [0, 0.05) is 57.1 Å². The van der Waals surface area contributed by atoms with E-state index in [4.69, 9.17) is 66.7 Å². The molecule has 2 atom stereocenters. The number of nitrogens with zero attached hydrogens (tertiary/aromatic N) is 2. The first kappa shape index (κ1) is 57.3. The zero-order valence-electron chi connectivity index (χ0n) is 44.2. The molecular formula is C59H64Cl2F2N2O11. The Bertz CT molecular complexity index is 2920. The maximum atomic E-state index is 13.9. The minimum absolute atomic E-state index is 0.0281. The predicted molar refractivity (Wildman–Crippen MR) is 287 cm³/mol. The summed E-state index contributed by atoms with van der Waals surface area (Å²) in [6.45, 7) is 14.8. The zero-order chi connectivity index (χ0) is 55.3. The van der Waals surface area contributed by atoms with Crippen LogP contribution in [0.5, 0.6) is 34.5 Å². The highest BCUT2D eigenvalue weighted by Gasteiger charge is 2.40. The van der Waals surface area contributed by atoms with Gasteiger partial charge in [0.05, 0.1) is 62.1 Å². The highest BCUT2D eigenvalue weighted by atomic mass is 35.5. The molecule has 0 radical (unpaired) electrons. The topological polar surface area (TPSA) is 176 Å². The van der Waals surface area contributed by atoms with Crippen molar-refractivity contribution in [3.63, 3.8) is 0 Å². The SMILES string of the molecule is CCCOc1ccc(C(=O)CCC(C)(O)c2cc3c(c(-c4ccc(F)c(Cl)c4)n2)OCC3(C)C)cc1OC.COc1cc(C(=O)CCC(C)(O)c2cc3c(c(-c4ccc(F)c(Cl)c4)n2)OCC3(C)C)ccc1OCCO. The van der Waals surface area contributed by atoms with E-state index in [-0.39, 0.29) is 71.3 Å². The van der Waals surface area contributed by atoms with Crippen LogP contribution in [0.3, 0.4) is 0 Å². The Balaban J connectivity index is 0.000000221. The van der Waals surface area contributed by atoms with Crippen molar-refractivity contribution in [2.45, 2.75) is 103 Å². The summed E-state index contributed by atoms with van der Waals surface area (Å²) in [6, 6.07) is 22.2. The van der Waals surface area contributed by atoms with Crippen LogP contribution in [0, 0.1) is 11.6 Å². The lowest BCUT2D eigenvalue weighted by molar-refractivity contribution is 0.0395. The highest BCUT2D eigenvalue weighted by molar-refractivity contribution is 6.31. The molecule has 0 aliphatic carbocycles. The van der Waals surface area contributed by atoms with Crippen molar-refractivity contribution in [2.24, 2.45) is 0 Å². The van der Waals surface area contributed by atoms with E-state index in [0.717, 1.165) is 17.5 Å². The number of aliphatic hydroxyl groups is 3. The second-order valence-electron chi connectivity index (χ2n) is 20.6. The molecule has 404 valence electrons. The number of pyridine rings is 2. The maximum absolute atomic E-state index is 13.9. The van der Waals surface area contributed by atoms with Crippen LogP contribution in [0.1, 0.15) is 124 Å². The van der Waals surface area contributed by atoms with Crippen LogP contribution in [0.2, 0.25) is 10.0 Å². The van der Waals surface area contributed by atoms with E-state index in [0.29, 0.717) is 99.3 Å². The van der Waals surface area contributed by atoms with Crippen LogP contribution in [-0.2, 0) is 22.0 Å². The van der Waals surface area contributed by atoms with Gasteiger partial charge in [-0.3, -0.25) is 9.59 Å². The van der Waals surface area contributed by atoms with E-state index in [1.54, 1.807) is 62.4 Å². The number of Topliss-reactive ketones (excluding diaryl/α,β-unsaturated/α-hetero) is 2. The molecular weight excluding hydrogens is 1020 g/mol. The first-order chi connectivity index (χ1) is 35.9. The van der Waals surface area contributed by atoms with E-state index in [1.165, 1.54) is 38.5 Å². The van der Waals surface area contributed by atoms with Crippen LogP contribution in [-0.4, -0.2) is 84.1 Å². The van der Waals surface area contributed by atoms with Gasteiger partial charge in [-0.05, 0) is 118 Å². The summed E-state index contributed by atoms with van der Waals surface area (Å²) >= 11 is 12.1. The summed E-state index contributed by atoms with van der Waals surface area (Å²) in [6.07, 6.45) is 1.23. The average Bonchev–Trinajstić information content (AvgIpc) is 3.90. The summed E-state index contributed by atoms with van der Waals surface area (Å²) in [5, 5.41) is 31.9. The standard InChI is InChI=1S/C30H33ClFNO5.C29H31ClFNO6/c1-6-13-37-24-10-8-18(15-25(24)36-5)23(34)11-12-30(4,35)26-16-20-28(38-17-29(20,2)3)27(33-26)19-7-9-22(32)21(31)14-19;1-28(2)16-38-27-19(28)15-25(32-26(27)18-5-7-21(31)20(30)13-18)29(3,35)10-9-22(34)17-6-8-23(37-12-11-33)24(14-17)36-4/h7-10,14-16,35H,6,11-13,17H2,1-5H3;5-8,13-15,33,35H,9-12,16H2,1-4H3. The quantitative estimate of drug-likeness (QED) is 0.0616. The first-order valence-electron chi connectivity index (χ1n) is 25.0. The van der Waals surface area contributed by atoms with Gasteiger partial charge in [0.25, 0.3) is 0 Å². The molecule has 0 saturated heterocycles. The van der Waals surface area contributed by atoms with Gasteiger partial charge in [-0.1, -0.05) is 57.8 Å². The first-order valence-corrected chi connectivity index (χ1v) is 25.7. The number of fused-ring (bicyclic) bond motifs is 2. The van der Waals surface area contributed by atoms with Gasteiger partial charge in [0.2, 0.25) is 0 Å². The Hall–Kier alpha value is -6.36. The van der Waals surface area contributed by atoms with Crippen molar-refractivity contribution < 1.29 is 62.1 Å². The predicted octanol–water partition coefficient (Wildman–Crippen LogP) is 12.3. The zero-order valence-corrected chi connectivity index (χ0v) is 45.7. The van der Waals surface area contributed by atoms with Gasteiger partial charge < -0.3 is 43.7 Å². The number of hydrogen-bond acceptors (Lipinski definition) is 13. The Morgan fingerprint density at radius 3 is 1.41 bits per heavy atom. The van der Waals surface area contributed by atoms with Crippen molar-refractivity contribution in [1.82, 2.24) is 9.97 Å². The van der Waals surface area contributed by atoms with Gasteiger partial charge in [0.15, 0.2) is 34.6 Å². The fourth-order valence-corrected chi connectivity index (χ4v) is 9.16. The molecule has 2 aromatic heterocycles. The molecule has 0 fully saturated rings. The number of aliphatic hydroxyl groups excluding tert-OH is 1. The maximum Gasteiger partial charge on any atom is 0.163 e. The van der Waals surface area contributed by atoms with Crippen LogP contribution < -0.4 is 28.4 Å². The van der Waals surface area contributed by atoms with Gasteiger partial charge in [0.1, 0.15) is 52.3 Å². The second-order valence-corrected chi connectivity index (χ2v) is 21.4. The summed E-state index contributed by atoms with van der Waals surface area (Å²) < 4.78 is 61.5. The number of rotatable bonds is 20. The molecule has 0 amide bonds. The number of aromatic nitrogens is 2. The van der Waals surface area contributed by atoms with E-state index in [9.17, 15) is 28.6 Å². The van der Waals surface area contributed by atoms with Crippen LogP contribution in [0.15, 0.2) is 84.9 Å². The van der Waals surface area contributed by atoms with Crippen molar-refractivity contribution in [2.75, 3.05) is 47.3 Å². The molecule has 0 saturated carbocycles. The molecule has 2 aliphatic rings. The van der Waals surface area contributed by atoms with Crippen LogP contribution in [0.25, 0.3) is 22.5 Å². The molecule has 76 heavy (non-hydrogen) atoms. The molecule has 17 heteroatoms. The molecule has 0 spiro atoms. The number of ether oxygens (including phenoxy) is 6. The fraction of sp³-hybridized carbons (Fsp3) is 0.390. The van der Waals surface area contributed by atoms with Crippen molar-refractivity contribution in [1.29, 1.82) is 0 Å². The number of hydrogen-bond donors (Lipinski definition) is 3. The van der Waals surface area contributed by atoms with Gasteiger partial charge in [-0.2, -0.15) is 0 Å². The number of carbonyl (C=O) groups excluding carboxylic acids is 2. The van der Waals surface area contributed by atoms with E-state index in [2.05, 4.69) is 0 Å². The lowest BCUT2D eigenvalue weighted by Gasteiger charge is -2.25. The smallest absolute Gasteiger partial charge is 0.163 e. The Morgan fingerprint density at radius 1 is 0.632 bits per heavy atom.